The summed E-state index contributed by atoms with van der Waals surface area (Å²) < 4.78 is 0. The topological polar surface area (TPSA) is 29.4 Å². The van der Waals surface area contributed by atoms with E-state index in [1.165, 1.54) is 6.07 Å². The standard InChI is InChI=1S/C9H5Cl2NOS/c10-7-2-1-6(3-8(7)11)9(13)4-12-5-14/h1-3H,4H2. The largest absolute Gasteiger partial charge is 0.292 e. The molecule has 0 atom stereocenters. The summed E-state index contributed by atoms with van der Waals surface area (Å²) in [6.45, 7) is -0.0124. The number of halogens is 2. The summed E-state index contributed by atoms with van der Waals surface area (Å²) >= 11 is 15.8. The Hall–Kier alpha value is -0.730. The molecule has 0 amide bonds. The first kappa shape index (κ1) is 11.3. The SMILES string of the molecule is O=C(CN=C=S)c1ccc(Cl)c(Cl)c1. The van der Waals surface area contributed by atoms with Gasteiger partial charge in [-0.3, -0.25) is 4.79 Å². The summed E-state index contributed by atoms with van der Waals surface area (Å²) in [4.78, 5) is 14.9. The van der Waals surface area contributed by atoms with Gasteiger partial charge >= 0.3 is 0 Å². The van der Waals surface area contributed by atoms with Crippen LogP contribution >= 0.6 is 35.4 Å². The van der Waals surface area contributed by atoms with Crippen molar-refractivity contribution in [2.45, 2.75) is 0 Å². The van der Waals surface area contributed by atoms with Gasteiger partial charge in [0.25, 0.3) is 0 Å². The molecule has 5 heteroatoms. The van der Waals surface area contributed by atoms with E-state index in [0.29, 0.717) is 15.6 Å². The van der Waals surface area contributed by atoms with Crippen LogP contribution in [-0.4, -0.2) is 17.5 Å². The highest BCUT2D eigenvalue weighted by molar-refractivity contribution is 7.78. The molecule has 1 aromatic rings. The molecule has 0 spiro atoms. The van der Waals surface area contributed by atoms with Crippen LogP contribution in [0.2, 0.25) is 10.0 Å². The van der Waals surface area contributed by atoms with Gasteiger partial charge in [-0.05, 0) is 30.4 Å². The molecule has 0 radical (unpaired) electrons. The zero-order valence-electron chi connectivity index (χ0n) is 6.96. The van der Waals surface area contributed by atoms with Crippen LogP contribution in [0, 0.1) is 0 Å². The van der Waals surface area contributed by atoms with Gasteiger partial charge in [0.2, 0.25) is 0 Å². The Labute approximate surface area is 96.5 Å². The number of carbonyl (C=O) groups is 1. The van der Waals surface area contributed by atoms with Gasteiger partial charge in [-0.1, -0.05) is 23.2 Å². The van der Waals surface area contributed by atoms with Crippen LogP contribution in [0.5, 0.6) is 0 Å². The van der Waals surface area contributed by atoms with Crippen molar-refractivity contribution < 1.29 is 4.79 Å². The molecule has 1 rings (SSSR count). The van der Waals surface area contributed by atoms with Crippen molar-refractivity contribution in [1.82, 2.24) is 0 Å². The van der Waals surface area contributed by atoms with E-state index < -0.39 is 0 Å². The summed E-state index contributed by atoms with van der Waals surface area (Å²) in [5.74, 6) is -0.166. The number of hydrogen-bond donors (Lipinski definition) is 0. The molecular weight excluding hydrogens is 241 g/mol. The first-order chi connectivity index (χ1) is 6.65. The summed E-state index contributed by atoms with van der Waals surface area (Å²) in [6, 6.07) is 4.67. The van der Waals surface area contributed by atoms with E-state index in [9.17, 15) is 4.79 Å². The third-order valence-corrected chi connectivity index (χ3v) is 2.40. The van der Waals surface area contributed by atoms with E-state index in [2.05, 4.69) is 22.4 Å². The maximum Gasteiger partial charge on any atom is 0.185 e. The second kappa shape index (κ2) is 5.23. The molecule has 0 bridgehead atoms. The molecule has 0 fully saturated rings. The molecule has 72 valence electrons. The molecule has 0 aliphatic heterocycles. The minimum absolute atomic E-state index is 0.0124. The van der Waals surface area contributed by atoms with Gasteiger partial charge in [-0.2, -0.15) is 0 Å². The van der Waals surface area contributed by atoms with Gasteiger partial charge < -0.3 is 0 Å². The lowest BCUT2D eigenvalue weighted by Crippen LogP contribution is -2.02. The van der Waals surface area contributed by atoms with Gasteiger partial charge in [0.1, 0.15) is 6.54 Å². The Balaban J connectivity index is 2.91. The Morgan fingerprint density at radius 3 is 2.71 bits per heavy atom. The maximum absolute atomic E-state index is 11.4. The molecule has 0 aromatic heterocycles. The number of hydrogen-bond acceptors (Lipinski definition) is 3. The van der Waals surface area contributed by atoms with Gasteiger partial charge in [-0.15, -0.1) is 0 Å². The summed E-state index contributed by atoms with van der Waals surface area (Å²) in [5, 5.41) is 2.89. The van der Waals surface area contributed by atoms with E-state index in [1.807, 2.05) is 0 Å². The zero-order chi connectivity index (χ0) is 10.6. The molecule has 0 unspecified atom stereocenters. The number of thiocarbonyl (C=S) groups is 1. The van der Waals surface area contributed by atoms with Gasteiger partial charge in [-0.25, -0.2) is 4.99 Å². The van der Waals surface area contributed by atoms with E-state index in [4.69, 9.17) is 23.2 Å². The summed E-state index contributed by atoms with van der Waals surface area (Å²) in [5.41, 5.74) is 0.466. The Bertz CT molecular complexity index is 413. The molecular formula is C9H5Cl2NOS. The molecule has 14 heavy (non-hydrogen) atoms. The highest BCUT2D eigenvalue weighted by Crippen LogP contribution is 2.22. The fraction of sp³-hybridized carbons (Fsp3) is 0.111. The van der Waals surface area contributed by atoms with E-state index in [-0.39, 0.29) is 12.3 Å². The van der Waals surface area contributed by atoms with Crippen molar-refractivity contribution in [3.05, 3.63) is 33.8 Å². The number of aliphatic imine (C=N–C) groups is 1. The zero-order valence-corrected chi connectivity index (χ0v) is 9.29. The number of isothiocyanates is 1. The number of ketones is 1. The number of carbonyl (C=O) groups excluding carboxylic acids is 1. The van der Waals surface area contributed by atoms with Crippen molar-refractivity contribution in [2.75, 3.05) is 6.54 Å². The van der Waals surface area contributed by atoms with Crippen LogP contribution in [0.3, 0.4) is 0 Å². The lowest BCUT2D eigenvalue weighted by Gasteiger charge is -1.99. The first-order valence-electron chi connectivity index (χ1n) is 3.67. The fourth-order valence-electron chi connectivity index (χ4n) is 0.865. The van der Waals surface area contributed by atoms with Crippen molar-refractivity contribution in [3.8, 4) is 0 Å². The molecule has 0 saturated carbocycles. The van der Waals surface area contributed by atoms with Crippen molar-refractivity contribution >= 4 is 46.4 Å². The molecule has 0 N–H and O–H groups in total. The molecule has 1 aromatic carbocycles. The van der Waals surface area contributed by atoms with Crippen molar-refractivity contribution in [3.63, 3.8) is 0 Å². The monoisotopic (exact) mass is 245 g/mol. The normalized spacial score (nSPS) is 9.29. The average molecular weight is 246 g/mol. The quantitative estimate of drug-likeness (QED) is 0.465. The van der Waals surface area contributed by atoms with Crippen LogP contribution in [0.4, 0.5) is 0 Å². The van der Waals surface area contributed by atoms with Gasteiger partial charge in [0, 0.05) is 5.56 Å². The van der Waals surface area contributed by atoms with Crippen molar-refractivity contribution in [1.29, 1.82) is 0 Å². The minimum atomic E-state index is -0.166. The summed E-state index contributed by atoms with van der Waals surface area (Å²) in [6.07, 6.45) is 0. The maximum atomic E-state index is 11.4. The van der Waals surface area contributed by atoms with E-state index >= 15 is 0 Å². The van der Waals surface area contributed by atoms with Crippen molar-refractivity contribution in [2.24, 2.45) is 4.99 Å². The number of rotatable bonds is 3. The number of Topliss-reactive ketones (excluding diaryl/α,β-unsaturated/α-hetero) is 1. The second-order valence-corrected chi connectivity index (χ2v) is 3.46. The second-order valence-electron chi connectivity index (χ2n) is 2.46. The Morgan fingerprint density at radius 2 is 2.14 bits per heavy atom. The summed E-state index contributed by atoms with van der Waals surface area (Å²) in [7, 11) is 0. The molecule has 2 nitrogen and oxygen atoms in total. The van der Waals surface area contributed by atoms with Crippen LogP contribution < -0.4 is 0 Å². The third kappa shape index (κ3) is 2.89. The molecule has 0 aliphatic carbocycles. The van der Waals surface area contributed by atoms with Gasteiger partial charge in [0.05, 0.1) is 15.2 Å². The highest BCUT2D eigenvalue weighted by atomic mass is 35.5. The lowest BCUT2D eigenvalue weighted by molar-refractivity contribution is 0.100. The van der Waals surface area contributed by atoms with Crippen LogP contribution in [0.25, 0.3) is 0 Å². The van der Waals surface area contributed by atoms with Crippen LogP contribution in [0.1, 0.15) is 10.4 Å². The minimum Gasteiger partial charge on any atom is -0.292 e. The smallest absolute Gasteiger partial charge is 0.185 e. The molecule has 0 heterocycles. The predicted octanol–water partition coefficient (Wildman–Crippen LogP) is 3.28. The van der Waals surface area contributed by atoms with Crippen LogP contribution in [0.15, 0.2) is 23.2 Å². The number of benzene rings is 1. The average Bonchev–Trinajstić information content (AvgIpc) is 2.18. The van der Waals surface area contributed by atoms with Crippen LogP contribution in [-0.2, 0) is 0 Å². The predicted molar refractivity (Wildman–Crippen MR) is 60.7 cm³/mol. The van der Waals surface area contributed by atoms with E-state index in [0.717, 1.165) is 0 Å². The first-order valence-corrected chi connectivity index (χ1v) is 4.83. The Morgan fingerprint density at radius 1 is 1.43 bits per heavy atom. The molecule has 0 aliphatic rings. The van der Waals surface area contributed by atoms with Gasteiger partial charge in [0.15, 0.2) is 5.78 Å². The van der Waals surface area contributed by atoms with E-state index in [1.54, 1.807) is 12.1 Å². The molecule has 0 saturated heterocycles. The highest BCUT2D eigenvalue weighted by Gasteiger charge is 2.06. The fourth-order valence-corrected chi connectivity index (χ4v) is 1.23. The lowest BCUT2D eigenvalue weighted by atomic mass is 10.1. The Kier molecular flexibility index (Phi) is 4.23. The number of nitrogens with zero attached hydrogens (tertiary/aromatic N) is 1. The third-order valence-electron chi connectivity index (χ3n) is 1.53.